The number of fused-ring (bicyclic) bond motifs is 1. The van der Waals surface area contributed by atoms with Crippen LogP contribution in [-0.4, -0.2) is 9.38 Å². The minimum Gasteiger partial charge on any atom is -0.304 e. The number of pyridine rings is 1. The maximum atomic E-state index is 13.1. The summed E-state index contributed by atoms with van der Waals surface area (Å²) in [5.74, 6) is 0.0785. The lowest BCUT2D eigenvalue weighted by Gasteiger charge is -2.06. The first-order valence-corrected chi connectivity index (χ1v) is 4.30. The Kier molecular flexibility index (Phi) is 1.79. The van der Waals surface area contributed by atoms with Crippen LogP contribution in [-0.2, 0) is 0 Å². The molecule has 0 aromatic carbocycles. The number of imidazole rings is 1. The maximum absolute atomic E-state index is 13.1. The fourth-order valence-electron chi connectivity index (χ4n) is 1.45. The van der Waals surface area contributed by atoms with Crippen molar-refractivity contribution in [2.24, 2.45) is 0 Å². The van der Waals surface area contributed by atoms with Gasteiger partial charge in [-0.25, -0.2) is 9.37 Å². The Morgan fingerprint density at radius 3 is 2.92 bits per heavy atom. The van der Waals surface area contributed by atoms with Crippen LogP contribution in [0.2, 0.25) is 0 Å². The van der Waals surface area contributed by atoms with Crippen LogP contribution in [0.3, 0.4) is 0 Å². The van der Waals surface area contributed by atoms with E-state index in [2.05, 4.69) is 4.98 Å². The SMILES string of the molecule is CC(C)c1cc(F)cn2ccnc12. The maximum Gasteiger partial charge on any atom is 0.140 e. The van der Waals surface area contributed by atoms with Crippen molar-refractivity contribution in [2.75, 3.05) is 0 Å². The Labute approximate surface area is 76.0 Å². The molecule has 2 aromatic heterocycles. The Hall–Kier alpha value is -1.38. The van der Waals surface area contributed by atoms with Crippen LogP contribution in [0.25, 0.3) is 5.65 Å². The Balaban J connectivity index is 2.77. The van der Waals surface area contributed by atoms with Crippen molar-refractivity contribution >= 4 is 5.65 Å². The molecule has 0 amide bonds. The first kappa shape index (κ1) is 8.23. The van der Waals surface area contributed by atoms with Crippen molar-refractivity contribution in [1.29, 1.82) is 0 Å². The summed E-state index contributed by atoms with van der Waals surface area (Å²) in [4.78, 5) is 4.18. The third-order valence-electron chi connectivity index (χ3n) is 2.10. The smallest absolute Gasteiger partial charge is 0.140 e. The van der Waals surface area contributed by atoms with Gasteiger partial charge in [-0.3, -0.25) is 0 Å². The van der Waals surface area contributed by atoms with E-state index in [4.69, 9.17) is 0 Å². The second-order valence-corrected chi connectivity index (χ2v) is 3.43. The van der Waals surface area contributed by atoms with Gasteiger partial charge in [0.25, 0.3) is 0 Å². The molecule has 2 aromatic rings. The van der Waals surface area contributed by atoms with E-state index in [1.165, 1.54) is 6.20 Å². The molecule has 13 heavy (non-hydrogen) atoms. The third-order valence-corrected chi connectivity index (χ3v) is 2.10. The quantitative estimate of drug-likeness (QED) is 0.656. The Morgan fingerprint density at radius 1 is 1.46 bits per heavy atom. The zero-order valence-corrected chi connectivity index (χ0v) is 7.66. The number of hydrogen-bond donors (Lipinski definition) is 0. The highest BCUT2D eigenvalue weighted by Crippen LogP contribution is 2.20. The van der Waals surface area contributed by atoms with Gasteiger partial charge in [0.15, 0.2) is 0 Å². The average molecular weight is 178 g/mol. The van der Waals surface area contributed by atoms with Crippen molar-refractivity contribution in [3.05, 3.63) is 36.0 Å². The van der Waals surface area contributed by atoms with E-state index >= 15 is 0 Å². The second kappa shape index (κ2) is 2.83. The van der Waals surface area contributed by atoms with Crippen LogP contribution < -0.4 is 0 Å². The summed E-state index contributed by atoms with van der Waals surface area (Å²) in [5.41, 5.74) is 1.79. The Morgan fingerprint density at radius 2 is 2.23 bits per heavy atom. The van der Waals surface area contributed by atoms with Gasteiger partial charge in [0.2, 0.25) is 0 Å². The van der Waals surface area contributed by atoms with Crippen LogP contribution in [0.15, 0.2) is 24.7 Å². The highest BCUT2D eigenvalue weighted by atomic mass is 19.1. The minimum atomic E-state index is -0.214. The van der Waals surface area contributed by atoms with E-state index in [9.17, 15) is 4.39 Å². The zero-order chi connectivity index (χ0) is 9.42. The van der Waals surface area contributed by atoms with Crippen molar-refractivity contribution in [3.63, 3.8) is 0 Å². The predicted octanol–water partition coefficient (Wildman–Crippen LogP) is 2.60. The molecule has 3 heteroatoms. The topological polar surface area (TPSA) is 17.3 Å². The van der Waals surface area contributed by atoms with E-state index in [1.54, 1.807) is 22.9 Å². The van der Waals surface area contributed by atoms with Gasteiger partial charge in [-0.05, 0) is 12.0 Å². The molecule has 2 nitrogen and oxygen atoms in total. The summed E-state index contributed by atoms with van der Waals surface area (Å²) in [6.45, 7) is 4.06. The van der Waals surface area contributed by atoms with Gasteiger partial charge in [-0.15, -0.1) is 0 Å². The molecule has 0 radical (unpaired) electrons. The monoisotopic (exact) mass is 178 g/mol. The van der Waals surface area contributed by atoms with Gasteiger partial charge < -0.3 is 4.40 Å². The van der Waals surface area contributed by atoms with Crippen molar-refractivity contribution in [1.82, 2.24) is 9.38 Å². The third kappa shape index (κ3) is 1.30. The van der Waals surface area contributed by atoms with E-state index in [0.29, 0.717) is 5.92 Å². The van der Waals surface area contributed by atoms with Crippen molar-refractivity contribution < 1.29 is 4.39 Å². The average Bonchev–Trinajstić information content (AvgIpc) is 2.49. The largest absolute Gasteiger partial charge is 0.304 e. The summed E-state index contributed by atoms with van der Waals surface area (Å²) in [6, 6.07) is 1.55. The van der Waals surface area contributed by atoms with Crippen molar-refractivity contribution in [3.8, 4) is 0 Å². The van der Waals surface area contributed by atoms with Gasteiger partial charge in [-0.2, -0.15) is 0 Å². The summed E-state index contributed by atoms with van der Waals surface area (Å²) >= 11 is 0. The molecule has 0 N–H and O–H groups in total. The molecule has 0 aliphatic heterocycles. The number of nitrogens with zero attached hydrogens (tertiary/aromatic N) is 2. The predicted molar refractivity (Wildman–Crippen MR) is 49.2 cm³/mol. The zero-order valence-electron chi connectivity index (χ0n) is 7.66. The Bertz CT molecular complexity index is 431. The summed E-state index contributed by atoms with van der Waals surface area (Å²) in [6.07, 6.45) is 4.87. The molecule has 2 heterocycles. The van der Waals surface area contributed by atoms with Crippen LogP contribution >= 0.6 is 0 Å². The molecule has 0 saturated carbocycles. The number of rotatable bonds is 1. The highest BCUT2D eigenvalue weighted by molar-refractivity contribution is 5.49. The molecule has 0 aliphatic carbocycles. The molecule has 0 atom stereocenters. The molecule has 0 aliphatic rings. The van der Waals surface area contributed by atoms with Gasteiger partial charge >= 0.3 is 0 Å². The lowest BCUT2D eigenvalue weighted by atomic mass is 10.1. The molecule has 0 saturated heterocycles. The molecular formula is C10H11FN2. The second-order valence-electron chi connectivity index (χ2n) is 3.43. The summed E-state index contributed by atoms with van der Waals surface area (Å²) in [7, 11) is 0. The number of hydrogen-bond acceptors (Lipinski definition) is 1. The van der Waals surface area contributed by atoms with E-state index in [0.717, 1.165) is 11.2 Å². The lowest BCUT2D eigenvalue weighted by Crippen LogP contribution is -1.96. The molecule has 0 bridgehead atoms. The fraction of sp³-hybridized carbons (Fsp3) is 0.300. The van der Waals surface area contributed by atoms with Gasteiger partial charge in [-0.1, -0.05) is 13.8 Å². The van der Waals surface area contributed by atoms with Gasteiger partial charge in [0.1, 0.15) is 11.5 Å². The molecule has 0 spiro atoms. The molecule has 0 fully saturated rings. The van der Waals surface area contributed by atoms with Crippen LogP contribution in [0.1, 0.15) is 25.3 Å². The normalized spacial score (nSPS) is 11.4. The first-order valence-electron chi connectivity index (χ1n) is 4.30. The van der Waals surface area contributed by atoms with Crippen molar-refractivity contribution in [2.45, 2.75) is 19.8 Å². The highest BCUT2D eigenvalue weighted by Gasteiger charge is 2.08. The molecular weight excluding hydrogens is 167 g/mol. The molecule has 2 rings (SSSR count). The minimum absolute atomic E-state index is 0.214. The lowest BCUT2D eigenvalue weighted by molar-refractivity contribution is 0.614. The van der Waals surface area contributed by atoms with E-state index < -0.39 is 0 Å². The standard InChI is InChI=1S/C10H11FN2/c1-7(2)9-5-8(11)6-13-4-3-12-10(9)13/h3-7H,1-2H3. The number of halogens is 1. The van der Waals surface area contributed by atoms with E-state index in [-0.39, 0.29) is 5.82 Å². The summed E-state index contributed by atoms with van der Waals surface area (Å²) < 4.78 is 14.8. The molecule has 0 unspecified atom stereocenters. The van der Waals surface area contributed by atoms with Crippen LogP contribution in [0.4, 0.5) is 4.39 Å². The van der Waals surface area contributed by atoms with Gasteiger partial charge in [0, 0.05) is 24.2 Å². The molecule has 68 valence electrons. The fourth-order valence-corrected chi connectivity index (χ4v) is 1.45. The first-order chi connectivity index (χ1) is 6.18. The summed E-state index contributed by atoms with van der Waals surface area (Å²) in [5, 5.41) is 0. The van der Waals surface area contributed by atoms with Gasteiger partial charge in [0.05, 0.1) is 0 Å². The van der Waals surface area contributed by atoms with E-state index in [1.807, 2.05) is 13.8 Å². The number of aromatic nitrogens is 2. The van der Waals surface area contributed by atoms with Crippen LogP contribution in [0, 0.1) is 5.82 Å². The van der Waals surface area contributed by atoms with Crippen LogP contribution in [0.5, 0.6) is 0 Å².